The smallest absolute Gasteiger partial charge is 0.410 e. The van der Waals surface area contributed by atoms with Crippen LogP contribution in [0.3, 0.4) is 0 Å². The number of hydrogen-bond donors (Lipinski definition) is 0. The fourth-order valence-electron chi connectivity index (χ4n) is 2.44. The van der Waals surface area contributed by atoms with Gasteiger partial charge in [0.05, 0.1) is 7.11 Å². The van der Waals surface area contributed by atoms with E-state index in [9.17, 15) is 9.59 Å². The van der Waals surface area contributed by atoms with Crippen molar-refractivity contribution < 1.29 is 19.2 Å². The first-order valence-corrected chi connectivity index (χ1v) is 7.63. The van der Waals surface area contributed by atoms with Gasteiger partial charge < -0.3 is 9.64 Å². The summed E-state index contributed by atoms with van der Waals surface area (Å²) in [6.45, 7) is 6.61. The van der Waals surface area contributed by atoms with Crippen LogP contribution in [0.25, 0.3) is 0 Å². The van der Waals surface area contributed by atoms with Crippen molar-refractivity contribution in [3.05, 3.63) is 34.9 Å². The van der Waals surface area contributed by atoms with Crippen LogP contribution in [0.15, 0.2) is 18.2 Å². The van der Waals surface area contributed by atoms with Crippen molar-refractivity contribution in [2.45, 2.75) is 39.3 Å². The molecule has 0 N–H and O–H groups in total. The number of hydroxylamine groups is 2. The Bertz CT molecular complexity index is 607. The Morgan fingerprint density at radius 3 is 2.52 bits per heavy atom. The lowest BCUT2D eigenvalue weighted by molar-refractivity contribution is -0.0757. The zero-order chi connectivity index (χ0) is 17.2. The van der Waals surface area contributed by atoms with Gasteiger partial charge in [-0.3, -0.25) is 9.63 Å². The van der Waals surface area contributed by atoms with Crippen molar-refractivity contribution in [3.63, 3.8) is 0 Å². The normalized spacial score (nSPS) is 14.2. The summed E-state index contributed by atoms with van der Waals surface area (Å²) < 4.78 is 5.42. The lowest BCUT2D eigenvalue weighted by Crippen LogP contribution is -2.40. The van der Waals surface area contributed by atoms with E-state index in [0.717, 1.165) is 17.5 Å². The van der Waals surface area contributed by atoms with Gasteiger partial charge >= 0.3 is 6.09 Å². The van der Waals surface area contributed by atoms with Gasteiger partial charge in [-0.15, -0.1) is 0 Å². The van der Waals surface area contributed by atoms with Crippen LogP contribution in [-0.2, 0) is 22.5 Å². The second-order valence-corrected chi connectivity index (χ2v) is 6.62. The van der Waals surface area contributed by atoms with Gasteiger partial charge in [0, 0.05) is 25.7 Å². The third-order valence-corrected chi connectivity index (χ3v) is 3.68. The number of benzene rings is 1. The number of nitrogens with zero attached hydrogens (tertiary/aromatic N) is 2. The molecule has 0 atom stereocenters. The Hall–Kier alpha value is -2.08. The van der Waals surface area contributed by atoms with Crippen molar-refractivity contribution in [3.8, 4) is 0 Å². The highest BCUT2D eigenvalue weighted by atomic mass is 16.7. The average Bonchev–Trinajstić information content (AvgIpc) is 2.50. The molecule has 2 rings (SSSR count). The molecule has 0 aromatic heterocycles. The van der Waals surface area contributed by atoms with E-state index in [0.29, 0.717) is 18.7 Å². The van der Waals surface area contributed by atoms with E-state index in [2.05, 4.69) is 0 Å². The van der Waals surface area contributed by atoms with E-state index in [1.165, 1.54) is 12.2 Å². The average molecular weight is 320 g/mol. The van der Waals surface area contributed by atoms with Gasteiger partial charge in [-0.1, -0.05) is 6.07 Å². The maximum absolute atomic E-state index is 12.2. The molecule has 6 nitrogen and oxygen atoms in total. The third kappa shape index (κ3) is 4.22. The Morgan fingerprint density at radius 1 is 1.22 bits per heavy atom. The Kier molecular flexibility index (Phi) is 4.94. The molecule has 23 heavy (non-hydrogen) atoms. The lowest BCUT2D eigenvalue weighted by Gasteiger charge is -2.31. The molecular formula is C17H24N2O4. The fourth-order valence-corrected chi connectivity index (χ4v) is 2.44. The van der Waals surface area contributed by atoms with E-state index >= 15 is 0 Å². The minimum absolute atomic E-state index is 0.218. The molecule has 2 amide bonds. The van der Waals surface area contributed by atoms with Gasteiger partial charge in [0.25, 0.3) is 5.91 Å². The Balaban J connectivity index is 2.16. The molecule has 1 aromatic rings. The predicted octanol–water partition coefficient (Wildman–Crippen LogP) is 2.61. The van der Waals surface area contributed by atoms with Gasteiger partial charge in [0.2, 0.25) is 0 Å². The molecule has 1 aliphatic rings. The molecule has 0 spiro atoms. The van der Waals surface area contributed by atoms with Crippen LogP contribution in [0.1, 0.15) is 42.3 Å². The minimum atomic E-state index is -0.518. The zero-order valence-corrected chi connectivity index (χ0v) is 14.4. The molecule has 126 valence electrons. The van der Waals surface area contributed by atoms with Crippen LogP contribution in [0.2, 0.25) is 0 Å². The molecule has 0 fully saturated rings. The van der Waals surface area contributed by atoms with Gasteiger partial charge in [0.15, 0.2) is 0 Å². The van der Waals surface area contributed by atoms with E-state index in [-0.39, 0.29) is 12.0 Å². The summed E-state index contributed by atoms with van der Waals surface area (Å²) in [6.07, 6.45) is 0.428. The topological polar surface area (TPSA) is 59.1 Å². The summed E-state index contributed by atoms with van der Waals surface area (Å²) in [6, 6.07) is 5.56. The van der Waals surface area contributed by atoms with Crippen molar-refractivity contribution in [2.24, 2.45) is 0 Å². The molecule has 1 heterocycles. The number of fused-ring (bicyclic) bond motifs is 1. The van der Waals surface area contributed by atoms with Crippen LogP contribution in [0, 0.1) is 0 Å². The molecule has 0 saturated carbocycles. The number of amides is 2. The van der Waals surface area contributed by atoms with Crippen LogP contribution in [0.4, 0.5) is 4.79 Å². The first-order valence-electron chi connectivity index (χ1n) is 7.63. The monoisotopic (exact) mass is 320 g/mol. The molecule has 0 unspecified atom stereocenters. The fraction of sp³-hybridized carbons (Fsp3) is 0.529. The van der Waals surface area contributed by atoms with Crippen LogP contribution in [0.5, 0.6) is 0 Å². The van der Waals surface area contributed by atoms with Gasteiger partial charge in [0.1, 0.15) is 5.60 Å². The SMILES string of the molecule is CON(C)C(=O)c1ccc2c(c1)CN(C(=O)OC(C)(C)C)CC2. The summed E-state index contributed by atoms with van der Waals surface area (Å²) >= 11 is 0. The molecule has 0 radical (unpaired) electrons. The van der Waals surface area contributed by atoms with E-state index in [1.54, 1.807) is 18.0 Å². The second-order valence-electron chi connectivity index (χ2n) is 6.62. The van der Waals surface area contributed by atoms with Crippen LogP contribution >= 0.6 is 0 Å². The molecule has 6 heteroatoms. The second kappa shape index (κ2) is 6.58. The maximum Gasteiger partial charge on any atom is 0.410 e. The van der Waals surface area contributed by atoms with E-state index in [4.69, 9.17) is 9.57 Å². The zero-order valence-electron chi connectivity index (χ0n) is 14.4. The highest BCUT2D eigenvalue weighted by Gasteiger charge is 2.26. The quantitative estimate of drug-likeness (QED) is 0.786. The molecular weight excluding hydrogens is 296 g/mol. The van der Waals surface area contributed by atoms with Crippen molar-refractivity contribution in [2.75, 3.05) is 20.7 Å². The number of ether oxygens (including phenoxy) is 1. The molecule has 1 aromatic carbocycles. The number of carbonyl (C=O) groups excluding carboxylic acids is 2. The van der Waals surface area contributed by atoms with Crippen LogP contribution in [-0.4, -0.2) is 48.3 Å². The highest BCUT2D eigenvalue weighted by Crippen LogP contribution is 2.22. The van der Waals surface area contributed by atoms with Crippen molar-refractivity contribution in [1.29, 1.82) is 0 Å². The lowest BCUT2D eigenvalue weighted by atomic mass is 9.97. The minimum Gasteiger partial charge on any atom is -0.444 e. The number of hydrogen-bond acceptors (Lipinski definition) is 4. The highest BCUT2D eigenvalue weighted by molar-refractivity contribution is 5.93. The van der Waals surface area contributed by atoms with E-state index in [1.807, 2.05) is 32.9 Å². The molecule has 0 saturated heterocycles. The van der Waals surface area contributed by atoms with Gasteiger partial charge in [-0.2, -0.15) is 0 Å². The summed E-state index contributed by atoms with van der Waals surface area (Å²) in [7, 11) is 3.01. The molecule has 0 bridgehead atoms. The van der Waals surface area contributed by atoms with E-state index < -0.39 is 5.60 Å². The van der Waals surface area contributed by atoms with Gasteiger partial charge in [-0.25, -0.2) is 9.86 Å². The number of rotatable bonds is 2. The van der Waals surface area contributed by atoms with Crippen molar-refractivity contribution in [1.82, 2.24) is 9.96 Å². The summed E-state index contributed by atoms with van der Waals surface area (Å²) in [5.41, 5.74) is 2.15. The molecule has 0 aliphatic carbocycles. The van der Waals surface area contributed by atoms with Crippen LogP contribution < -0.4 is 0 Å². The van der Waals surface area contributed by atoms with Crippen molar-refractivity contribution >= 4 is 12.0 Å². The third-order valence-electron chi connectivity index (χ3n) is 3.68. The first kappa shape index (κ1) is 17.3. The summed E-state index contributed by atoms with van der Waals surface area (Å²) in [5, 5.41) is 1.18. The standard InChI is InChI=1S/C17H24N2O4/c1-17(2,3)23-16(21)19-9-8-12-6-7-13(10-14(12)11-19)15(20)18(4)22-5/h6-7,10H,8-9,11H2,1-5H3. The molecule has 1 aliphatic heterocycles. The maximum atomic E-state index is 12.2. The summed E-state index contributed by atoms with van der Waals surface area (Å²) in [5.74, 6) is -0.218. The Morgan fingerprint density at radius 2 is 1.91 bits per heavy atom. The predicted molar refractivity (Wildman–Crippen MR) is 85.9 cm³/mol. The number of carbonyl (C=O) groups is 2. The van der Waals surface area contributed by atoms with Gasteiger partial charge in [-0.05, 0) is 50.5 Å². The first-order chi connectivity index (χ1) is 10.7. The summed E-state index contributed by atoms with van der Waals surface area (Å²) in [4.78, 5) is 31.0. The Labute approximate surface area is 136 Å². The largest absolute Gasteiger partial charge is 0.444 e.